The minimum Gasteiger partial charge on any atom is -0.760 e. The van der Waals surface area contributed by atoms with Crippen LogP contribution < -0.4 is 4.72 Å². The third kappa shape index (κ3) is 3.37. The maximum atomic E-state index is 11.0. The van der Waals surface area contributed by atoms with Gasteiger partial charge < -0.3 is 4.55 Å². The van der Waals surface area contributed by atoms with Crippen molar-refractivity contribution in [2.45, 2.75) is 13.5 Å². The highest BCUT2D eigenvalue weighted by Crippen LogP contribution is 2.05. The summed E-state index contributed by atoms with van der Waals surface area (Å²) >= 11 is -2.27. The predicted octanol–water partition coefficient (Wildman–Crippen LogP) is 0.773. The van der Waals surface area contributed by atoms with E-state index in [1.54, 1.807) is 24.3 Å². The predicted molar refractivity (Wildman–Crippen MR) is 52.2 cm³/mol. The largest absolute Gasteiger partial charge is 0.760 e. The molecule has 0 spiro atoms. The number of carbonyl (C=O) groups is 1. The Labute approximate surface area is 84.8 Å². The Bertz CT molecular complexity index is 365. The molecular formula is C9H10NO3S-. The van der Waals surface area contributed by atoms with Gasteiger partial charge in [-0.05, 0) is 18.6 Å². The first-order chi connectivity index (χ1) is 6.59. The van der Waals surface area contributed by atoms with Crippen LogP contribution in [0.2, 0.25) is 0 Å². The lowest BCUT2D eigenvalue weighted by molar-refractivity contribution is 0.101. The summed E-state index contributed by atoms with van der Waals surface area (Å²) in [6.45, 7) is 1.68. The topological polar surface area (TPSA) is 69.2 Å². The first-order valence-electron chi connectivity index (χ1n) is 4.02. The second-order valence-electron chi connectivity index (χ2n) is 2.81. The average molecular weight is 212 g/mol. The molecule has 1 rings (SSSR count). The molecule has 14 heavy (non-hydrogen) atoms. The minimum atomic E-state index is -2.27. The summed E-state index contributed by atoms with van der Waals surface area (Å²) in [5.74, 6) is -0.0323. The number of ketones is 1. The van der Waals surface area contributed by atoms with Crippen molar-refractivity contribution in [3.63, 3.8) is 0 Å². The Kier molecular flexibility index (Phi) is 3.94. The van der Waals surface area contributed by atoms with Gasteiger partial charge in [0.1, 0.15) is 0 Å². The molecule has 0 heterocycles. The Morgan fingerprint density at radius 3 is 2.86 bits per heavy atom. The number of nitrogens with one attached hydrogen (secondary N) is 1. The number of rotatable bonds is 4. The molecule has 5 heteroatoms. The number of hydrogen-bond donors (Lipinski definition) is 1. The van der Waals surface area contributed by atoms with Crippen LogP contribution in [0.3, 0.4) is 0 Å². The van der Waals surface area contributed by atoms with Gasteiger partial charge in [-0.1, -0.05) is 18.2 Å². The van der Waals surface area contributed by atoms with Crippen molar-refractivity contribution in [2.24, 2.45) is 0 Å². The maximum absolute atomic E-state index is 11.0. The summed E-state index contributed by atoms with van der Waals surface area (Å²) in [5, 5.41) is 0. The number of Topliss-reactive ketones (excluding diaryl/α,β-unsaturated/α-hetero) is 1. The molecule has 0 amide bonds. The third-order valence-electron chi connectivity index (χ3n) is 1.73. The van der Waals surface area contributed by atoms with Crippen LogP contribution in [0.15, 0.2) is 24.3 Å². The van der Waals surface area contributed by atoms with E-state index >= 15 is 0 Å². The van der Waals surface area contributed by atoms with E-state index in [1.165, 1.54) is 6.92 Å². The molecule has 0 saturated carbocycles. The van der Waals surface area contributed by atoms with Crippen molar-refractivity contribution < 1.29 is 13.6 Å². The molecule has 0 aliphatic carbocycles. The van der Waals surface area contributed by atoms with E-state index in [0.717, 1.165) is 5.56 Å². The van der Waals surface area contributed by atoms with Crippen LogP contribution in [-0.2, 0) is 17.8 Å². The Morgan fingerprint density at radius 2 is 2.29 bits per heavy atom. The van der Waals surface area contributed by atoms with Crippen molar-refractivity contribution in [2.75, 3.05) is 0 Å². The van der Waals surface area contributed by atoms with Gasteiger partial charge in [-0.2, -0.15) is 0 Å². The lowest BCUT2D eigenvalue weighted by Crippen LogP contribution is -2.15. The number of carbonyl (C=O) groups excluding carboxylic acids is 1. The zero-order valence-electron chi connectivity index (χ0n) is 7.65. The van der Waals surface area contributed by atoms with Crippen molar-refractivity contribution in [3.05, 3.63) is 35.4 Å². The smallest absolute Gasteiger partial charge is 0.159 e. The van der Waals surface area contributed by atoms with E-state index in [9.17, 15) is 13.6 Å². The summed E-state index contributed by atoms with van der Waals surface area (Å²) in [6.07, 6.45) is 0. The molecule has 0 saturated heterocycles. The van der Waals surface area contributed by atoms with Gasteiger partial charge in [0.15, 0.2) is 5.78 Å². The zero-order chi connectivity index (χ0) is 10.6. The lowest BCUT2D eigenvalue weighted by atomic mass is 10.1. The van der Waals surface area contributed by atoms with Gasteiger partial charge >= 0.3 is 0 Å². The molecule has 1 aromatic carbocycles. The van der Waals surface area contributed by atoms with Crippen LogP contribution in [0.5, 0.6) is 0 Å². The van der Waals surface area contributed by atoms with Crippen LogP contribution in [0.1, 0.15) is 22.8 Å². The van der Waals surface area contributed by atoms with E-state index in [2.05, 4.69) is 4.72 Å². The molecule has 1 atom stereocenters. The highest BCUT2D eigenvalue weighted by Gasteiger charge is 1.99. The van der Waals surface area contributed by atoms with Crippen LogP contribution in [-0.4, -0.2) is 14.5 Å². The molecule has 1 unspecified atom stereocenters. The minimum absolute atomic E-state index is 0.0323. The van der Waals surface area contributed by atoms with Crippen molar-refractivity contribution in [1.29, 1.82) is 0 Å². The fourth-order valence-corrected chi connectivity index (χ4v) is 1.33. The second-order valence-corrected chi connectivity index (χ2v) is 3.57. The van der Waals surface area contributed by atoms with Gasteiger partial charge in [-0.25, -0.2) is 4.72 Å². The van der Waals surface area contributed by atoms with Gasteiger partial charge in [-0.15, -0.1) is 0 Å². The standard InChI is InChI=1S/C9H11NO3S/c1-7(11)9-4-2-3-8(5-9)6-10-14(12)13/h2-5,10H,6H2,1H3,(H,12,13)/p-1. The fourth-order valence-electron chi connectivity index (χ4n) is 1.04. The summed E-state index contributed by atoms with van der Waals surface area (Å²) in [4.78, 5) is 11.0. The Hall–Kier alpha value is -1.04. The summed E-state index contributed by atoms with van der Waals surface area (Å²) < 4.78 is 22.7. The summed E-state index contributed by atoms with van der Waals surface area (Å²) in [7, 11) is 0. The summed E-state index contributed by atoms with van der Waals surface area (Å²) in [5.41, 5.74) is 1.35. The van der Waals surface area contributed by atoms with Crippen LogP contribution in [0.25, 0.3) is 0 Å². The van der Waals surface area contributed by atoms with Crippen LogP contribution >= 0.6 is 0 Å². The van der Waals surface area contributed by atoms with Crippen LogP contribution in [0, 0.1) is 0 Å². The van der Waals surface area contributed by atoms with E-state index in [-0.39, 0.29) is 12.3 Å². The molecule has 1 aromatic rings. The van der Waals surface area contributed by atoms with E-state index in [0.29, 0.717) is 5.56 Å². The van der Waals surface area contributed by atoms with Crippen molar-refractivity contribution in [3.8, 4) is 0 Å². The fraction of sp³-hybridized carbons (Fsp3) is 0.222. The molecule has 0 fully saturated rings. The molecule has 0 aliphatic heterocycles. The van der Waals surface area contributed by atoms with Crippen LogP contribution in [0.4, 0.5) is 0 Å². The Balaban J connectivity index is 2.73. The molecule has 0 bridgehead atoms. The molecule has 0 aliphatic rings. The normalized spacial score (nSPS) is 12.4. The SMILES string of the molecule is CC(=O)c1cccc(CNS(=O)[O-])c1. The molecule has 4 nitrogen and oxygen atoms in total. The second kappa shape index (κ2) is 4.99. The van der Waals surface area contributed by atoms with Gasteiger partial charge in [-0.3, -0.25) is 9.00 Å². The van der Waals surface area contributed by atoms with Gasteiger partial charge in [0.2, 0.25) is 0 Å². The molecular weight excluding hydrogens is 202 g/mol. The van der Waals surface area contributed by atoms with E-state index in [1.807, 2.05) is 0 Å². The molecule has 1 N–H and O–H groups in total. The zero-order valence-corrected chi connectivity index (χ0v) is 8.47. The molecule has 0 aromatic heterocycles. The monoisotopic (exact) mass is 212 g/mol. The quantitative estimate of drug-likeness (QED) is 0.592. The van der Waals surface area contributed by atoms with Crippen molar-refractivity contribution >= 4 is 17.0 Å². The highest BCUT2D eigenvalue weighted by atomic mass is 32.2. The lowest BCUT2D eigenvalue weighted by Gasteiger charge is -2.07. The van der Waals surface area contributed by atoms with E-state index < -0.39 is 11.3 Å². The van der Waals surface area contributed by atoms with Gasteiger partial charge in [0.05, 0.1) is 0 Å². The van der Waals surface area contributed by atoms with Gasteiger partial charge in [0, 0.05) is 23.4 Å². The van der Waals surface area contributed by atoms with Crippen molar-refractivity contribution in [1.82, 2.24) is 4.72 Å². The first-order valence-corrected chi connectivity index (χ1v) is 5.09. The first kappa shape index (κ1) is 11.0. The van der Waals surface area contributed by atoms with Gasteiger partial charge in [0.25, 0.3) is 0 Å². The van der Waals surface area contributed by atoms with E-state index in [4.69, 9.17) is 0 Å². The molecule has 0 radical (unpaired) electrons. The third-order valence-corrected chi connectivity index (χ3v) is 2.11. The number of hydrogen-bond acceptors (Lipinski definition) is 3. The average Bonchev–Trinajstić information content (AvgIpc) is 2.15. The maximum Gasteiger partial charge on any atom is 0.159 e. The summed E-state index contributed by atoms with van der Waals surface area (Å²) in [6, 6.07) is 6.84. The molecule has 76 valence electrons. The highest BCUT2D eigenvalue weighted by molar-refractivity contribution is 7.77. The number of benzene rings is 1. The Morgan fingerprint density at radius 1 is 1.57 bits per heavy atom.